The maximum absolute atomic E-state index is 14.1. The summed E-state index contributed by atoms with van der Waals surface area (Å²) in [6.07, 6.45) is 1.03. The maximum atomic E-state index is 14.1. The summed E-state index contributed by atoms with van der Waals surface area (Å²) < 4.78 is 34.8. The van der Waals surface area contributed by atoms with E-state index in [1.54, 1.807) is 31.4 Å². The number of rotatable bonds is 6. The zero-order valence-electron chi connectivity index (χ0n) is 15.3. The van der Waals surface area contributed by atoms with Gasteiger partial charge in [0.2, 0.25) is 0 Å². The number of pyridine rings is 2. The minimum Gasteiger partial charge on any atom is -0.487 e. The van der Waals surface area contributed by atoms with Gasteiger partial charge in [-0.1, -0.05) is 0 Å². The summed E-state index contributed by atoms with van der Waals surface area (Å²) in [7, 11) is 1.59. The molecular formula is C19H19F2N3O4. The van der Waals surface area contributed by atoms with Crippen LogP contribution < -0.4 is 15.6 Å². The Morgan fingerprint density at radius 3 is 2.79 bits per heavy atom. The van der Waals surface area contributed by atoms with E-state index in [0.29, 0.717) is 10.9 Å². The molecule has 1 unspecified atom stereocenters. The van der Waals surface area contributed by atoms with Gasteiger partial charge in [-0.05, 0) is 30.5 Å². The van der Waals surface area contributed by atoms with Gasteiger partial charge in [0.15, 0.2) is 6.61 Å². The van der Waals surface area contributed by atoms with E-state index in [1.807, 2.05) is 5.32 Å². The molecule has 28 heavy (non-hydrogen) atoms. The van der Waals surface area contributed by atoms with Gasteiger partial charge in [0, 0.05) is 43.4 Å². The highest BCUT2D eigenvalue weighted by Crippen LogP contribution is 2.27. The molecule has 2 aromatic heterocycles. The second-order valence-electron chi connectivity index (χ2n) is 6.66. The van der Waals surface area contributed by atoms with Gasteiger partial charge in [-0.2, -0.15) is 0 Å². The number of ether oxygens (including phenoxy) is 1. The van der Waals surface area contributed by atoms with Crippen molar-refractivity contribution >= 4 is 27.8 Å². The van der Waals surface area contributed by atoms with Crippen molar-refractivity contribution < 1.29 is 23.4 Å². The summed E-state index contributed by atoms with van der Waals surface area (Å²) in [5, 5.41) is 12.6. The molecule has 1 aromatic carbocycles. The van der Waals surface area contributed by atoms with Gasteiger partial charge in [0.1, 0.15) is 5.75 Å². The van der Waals surface area contributed by atoms with E-state index in [2.05, 4.69) is 4.98 Å². The van der Waals surface area contributed by atoms with E-state index in [9.17, 15) is 18.4 Å². The zero-order valence-corrected chi connectivity index (χ0v) is 15.3. The number of alkyl halides is 2. The van der Waals surface area contributed by atoms with Crippen LogP contribution in [0.15, 0.2) is 41.5 Å². The quantitative estimate of drug-likeness (QED) is 0.630. The Bertz CT molecular complexity index is 1100. The molecule has 1 atom stereocenters. The van der Waals surface area contributed by atoms with Crippen molar-refractivity contribution in [2.45, 2.75) is 25.3 Å². The number of hydrogen-bond acceptors (Lipinski definition) is 4. The van der Waals surface area contributed by atoms with Gasteiger partial charge in [0.05, 0.1) is 10.9 Å². The highest BCUT2D eigenvalue weighted by Gasteiger charge is 2.33. The number of amides is 1. The van der Waals surface area contributed by atoms with Crippen molar-refractivity contribution in [3.63, 3.8) is 0 Å². The van der Waals surface area contributed by atoms with Crippen LogP contribution in [0.1, 0.15) is 13.3 Å². The average molecular weight is 391 g/mol. The molecule has 0 fully saturated rings. The van der Waals surface area contributed by atoms with E-state index >= 15 is 0 Å². The first-order valence-corrected chi connectivity index (χ1v) is 8.54. The Balaban J connectivity index is 1.85. The Kier molecular flexibility index (Phi) is 5.17. The molecule has 3 aromatic rings. The lowest BCUT2D eigenvalue weighted by molar-refractivity contribution is -0.0530. The molecular weight excluding hydrogens is 372 g/mol. The van der Waals surface area contributed by atoms with Crippen LogP contribution in [-0.4, -0.2) is 39.3 Å². The lowest BCUT2D eigenvalue weighted by atomic mass is 10.1. The molecule has 9 heteroatoms. The molecule has 0 aliphatic carbocycles. The molecule has 0 saturated heterocycles. The third kappa shape index (κ3) is 4.03. The predicted octanol–water partition coefficient (Wildman–Crippen LogP) is 3.15. The number of fused-ring (bicyclic) bond motifs is 3. The fraction of sp³-hybridized carbons (Fsp3) is 0.316. The highest BCUT2D eigenvalue weighted by molar-refractivity contribution is 6.05. The van der Waals surface area contributed by atoms with Crippen LogP contribution in [0.25, 0.3) is 21.7 Å². The minimum atomic E-state index is -3.22. The number of carbonyl (C=O) groups is 1. The third-order valence-corrected chi connectivity index (χ3v) is 4.40. The number of hydrogen-bond donors (Lipinski definition) is 2. The summed E-state index contributed by atoms with van der Waals surface area (Å²) in [4.78, 5) is 27.0. The highest BCUT2D eigenvalue weighted by atomic mass is 19.3. The van der Waals surface area contributed by atoms with Crippen molar-refractivity contribution in [1.82, 2.24) is 14.9 Å². The minimum absolute atomic E-state index is 0.189. The molecule has 0 aliphatic heterocycles. The summed E-state index contributed by atoms with van der Waals surface area (Å²) >= 11 is 0. The smallest absolute Gasteiger partial charge is 0.404 e. The standard InChI is InChI=1S/C19H19F2N3O4/c1-11(23-18(26)27)8-19(20,21)10-28-12-3-4-14-13-5-6-22-9-15(13)17(25)24(2)16(14)7-12/h3-7,9,11,23H,8,10H2,1-2H3,(H,26,27). The Labute approximate surface area is 158 Å². The van der Waals surface area contributed by atoms with Crippen molar-refractivity contribution in [1.29, 1.82) is 0 Å². The maximum Gasteiger partial charge on any atom is 0.404 e. The SMILES string of the molecule is CC(CC(F)(F)COc1ccc2c3ccncc3c(=O)n(C)c2c1)NC(=O)O. The van der Waals surface area contributed by atoms with Crippen molar-refractivity contribution in [2.75, 3.05) is 6.61 Å². The van der Waals surface area contributed by atoms with E-state index < -0.39 is 31.1 Å². The van der Waals surface area contributed by atoms with Crippen LogP contribution >= 0.6 is 0 Å². The number of carboxylic acid groups (broad SMARTS) is 1. The molecule has 3 rings (SSSR count). The van der Waals surface area contributed by atoms with Crippen molar-refractivity contribution in [3.05, 3.63) is 47.0 Å². The second kappa shape index (κ2) is 7.41. The molecule has 2 N–H and O–H groups in total. The number of nitrogens with one attached hydrogen (secondary N) is 1. The third-order valence-electron chi connectivity index (χ3n) is 4.40. The summed E-state index contributed by atoms with van der Waals surface area (Å²) in [5.41, 5.74) is 0.303. The molecule has 0 aliphatic rings. The van der Waals surface area contributed by atoms with Crippen molar-refractivity contribution in [3.8, 4) is 5.75 Å². The number of aryl methyl sites for hydroxylation is 1. The first-order chi connectivity index (χ1) is 13.2. The van der Waals surface area contributed by atoms with Crippen LogP contribution in [-0.2, 0) is 7.05 Å². The molecule has 1 amide bonds. The summed E-state index contributed by atoms with van der Waals surface area (Å²) in [6.45, 7) is 0.448. The van der Waals surface area contributed by atoms with E-state index in [-0.39, 0.29) is 11.3 Å². The topological polar surface area (TPSA) is 93.5 Å². The van der Waals surface area contributed by atoms with Crippen LogP contribution in [0.4, 0.5) is 13.6 Å². The first kappa shape index (κ1) is 19.5. The average Bonchev–Trinajstić information content (AvgIpc) is 2.63. The summed E-state index contributed by atoms with van der Waals surface area (Å²) in [5.74, 6) is -3.04. The zero-order chi connectivity index (χ0) is 20.5. The fourth-order valence-corrected chi connectivity index (χ4v) is 3.15. The fourth-order valence-electron chi connectivity index (χ4n) is 3.15. The largest absolute Gasteiger partial charge is 0.487 e. The lowest BCUT2D eigenvalue weighted by Crippen LogP contribution is -2.38. The molecule has 0 radical (unpaired) electrons. The normalized spacial score (nSPS) is 12.9. The summed E-state index contributed by atoms with van der Waals surface area (Å²) in [6, 6.07) is 5.60. The number of nitrogens with zero attached hydrogens (tertiary/aromatic N) is 2. The number of benzene rings is 1. The molecule has 7 nitrogen and oxygen atoms in total. The van der Waals surface area contributed by atoms with E-state index in [4.69, 9.17) is 9.84 Å². The van der Waals surface area contributed by atoms with Gasteiger partial charge in [-0.25, -0.2) is 13.6 Å². The Hall–Kier alpha value is -3.23. The van der Waals surface area contributed by atoms with Crippen LogP contribution in [0, 0.1) is 0 Å². The van der Waals surface area contributed by atoms with Gasteiger partial charge < -0.3 is 19.7 Å². The van der Waals surface area contributed by atoms with Crippen LogP contribution in [0.3, 0.4) is 0 Å². The van der Waals surface area contributed by atoms with Gasteiger partial charge in [-0.15, -0.1) is 0 Å². The van der Waals surface area contributed by atoms with Gasteiger partial charge in [-0.3, -0.25) is 9.78 Å². The lowest BCUT2D eigenvalue weighted by Gasteiger charge is -2.21. The van der Waals surface area contributed by atoms with Crippen LogP contribution in [0.5, 0.6) is 5.75 Å². The Morgan fingerprint density at radius 2 is 2.07 bits per heavy atom. The molecule has 2 heterocycles. The molecule has 148 valence electrons. The number of halogens is 2. The predicted molar refractivity (Wildman–Crippen MR) is 100 cm³/mol. The van der Waals surface area contributed by atoms with E-state index in [0.717, 1.165) is 10.8 Å². The first-order valence-electron chi connectivity index (χ1n) is 8.54. The second-order valence-corrected chi connectivity index (χ2v) is 6.66. The molecule has 0 saturated carbocycles. The van der Waals surface area contributed by atoms with Crippen LogP contribution in [0.2, 0.25) is 0 Å². The monoisotopic (exact) mass is 391 g/mol. The van der Waals surface area contributed by atoms with E-state index in [1.165, 1.54) is 23.8 Å². The molecule has 0 bridgehead atoms. The number of aromatic nitrogens is 2. The Morgan fingerprint density at radius 1 is 1.32 bits per heavy atom. The van der Waals surface area contributed by atoms with Crippen molar-refractivity contribution in [2.24, 2.45) is 7.05 Å². The van der Waals surface area contributed by atoms with Gasteiger partial charge in [0.25, 0.3) is 11.5 Å². The molecule has 0 spiro atoms. The van der Waals surface area contributed by atoms with Gasteiger partial charge >= 0.3 is 6.09 Å².